The van der Waals surface area contributed by atoms with E-state index in [0.29, 0.717) is 18.6 Å². The van der Waals surface area contributed by atoms with E-state index in [1.54, 1.807) is 17.4 Å². The van der Waals surface area contributed by atoms with E-state index in [1.165, 1.54) is 7.11 Å². The molecule has 1 unspecified atom stereocenters. The number of hydrogen-bond donors (Lipinski definition) is 0. The first-order chi connectivity index (χ1) is 11.1. The van der Waals surface area contributed by atoms with Crippen LogP contribution in [0.4, 0.5) is 0 Å². The molecular weight excluding hydrogens is 314 g/mol. The summed E-state index contributed by atoms with van der Waals surface area (Å²) in [6.07, 6.45) is 10.2. The van der Waals surface area contributed by atoms with Gasteiger partial charge < -0.3 is 14.2 Å². The molecule has 124 valence electrons. The summed E-state index contributed by atoms with van der Waals surface area (Å²) in [5, 5.41) is 0.860. The highest BCUT2D eigenvalue weighted by Gasteiger charge is 2.37. The quantitative estimate of drug-likeness (QED) is 0.775. The van der Waals surface area contributed by atoms with Crippen molar-refractivity contribution in [3.8, 4) is 0 Å². The zero-order valence-corrected chi connectivity index (χ0v) is 14.2. The summed E-state index contributed by atoms with van der Waals surface area (Å²) < 4.78 is 16.8. The normalized spacial score (nSPS) is 27.0. The highest BCUT2D eigenvalue weighted by molar-refractivity contribution is 7.11. The molecule has 0 amide bonds. The minimum Gasteiger partial charge on any atom is -0.465 e. The van der Waals surface area contributed by atoms with E-state index in [0.717, 1.165) is 29.3 Å². The fourth-order valence-electron chi connectivity index (χ4n) is 2.84. The van der Waals surface area contributed by atoms with Gasteiger partial charge in [-0.05, 0) is 25.8 Å². The molecule has 0 aromatic carbocycles. The standard InChI is InChI=1S/C17H21NO4S/c1-12-10-18-16(23-12)17(22-11-14-6-4-8-21-14)7-3-5-13(9-17)15(19)20-2/h3,5,9-10,14H,4,6-8,11H2,1-2H3/t14-,17?/m0/s1. The van der Waals surface area contributed by atoms with Gasteiger partial charge in [0.25, 0.3) is 0 Å². The molecule has 1 aliphatic heterocycles. The van der Waals surface area contributed by atoms with Gasteiger partial charge in [-0.3, -0.25) is 0 Å². The van der Waals surface area contributed by atoms with Crippen molar-refractivity contribution in [3.63, 3.8) is 0 Å². The number of thiazole rings is 1. The number of esters is 1. The molecule has 1 aliphatic carbocycles. The number of ether oxygens (including phenoxy) is 3. The SMILES string of the molecule is COC(=O)C1=CC(OC[C@@H]2CCCO2)(c2ncc(C)s2)CC=C1. The minimum absolute atomic E-state index is 0.119. The molecule has 2 heterocycles. The Morgan fingerprint density at radius 3 is 3.09 bits per heavy atom. The highest BCUT2D eigenvalue weighted by Crippen LogP contribution is 2.38. The third kappa shape index (κ3) is 3.54. The molecule has 1 aromatic heterocycles. The molecule has 3 rings (SSSR count). The number of carbonyl (C=O) groups excluding carboxylic acids is 1. The lowest BCUT2D eigenvalue weighted by molar-refractivity contribution is -0.136. The van der Waals surface area contributed by atoms with Crippen LogP contribution in [0.3, 0.4) is 0 Å². The molecule has 0 saturated carbocycles. The zero-order valence-electron chi connectivity index (χ0n) is 13.4. The molecule has 5 nitrogen and oxygen atoms in total. The van der Waals surface area contributed by atoms with Crippen LogP contribution < -0.4 is 0 Å². The monoisotopic (exact) mass is 335 g/mol. The van der Waals surface area contributed by atoms with Gasteiger partial charge in [0, 0.05) is 24.1 Å². The Hall–Kier alpha value is -1.50. The van der Waals surface area contributed by atoms with Gasteiger partial charge in [-0.15, -0.1) is 11.3 Å². The summed E-state index contributed by atoms with van der Waals surface area (Å²) in [6.45, 7) is 3.30. The van der Waals surface area contributed by atoms with Crippen molar-refractivity contribution in [1.29, 1.82) is 0 Å². The Morgan fingerprint density at radius 2 is 2.43 bits per heavy atom. The molecule has 6 heteroatoms. The summed E-state index contributed by atoms with van der Waals surface area (Å²) in [7, 11) is 1.38. The van der Waals surface area contributed by atoms with Crippen LogP contribution in [0.2, 0.25) is 0 Å². The third-order valence-corrected chi connectivity index (χ3v) is 5.13. The van der Waals surface area contributed by atoms with Crippen LogP contribution in [0.15, 0.2) is 30.0 Å². The number of rotatable bonds is 5. The predicted octanol–water partition coefficient (Wildman–Crippen LogP) is 2.90. The van der Waals surface area contributed by atoms with Gasteiger partial charge in [0.05, 0.1) is 25.4 Å². The van der Waals surface area contributed by atoms with Crippen LogP contribution in [0.25, 0.3) is 0 Å². The van der Waals surface area contributed by atoms with Gasteiger partial charge >= 0.3 is 5.97 Å². The summed E-state index contributed by atoms with van der Waals surface area (Å²) in [5.74, 6) is -0.362. The number of carbonyl (C=O) groups is 1. The van der Waals surface area contributed by atoms with E-state index in [1.807, 2.05) is 25.3 Å². The van der Waals surface area contributed by atoms with E-state index in [4.69, 9.17) is 14.2 Å². The molecule has 1 saturated heterocycles. The Morgan fingerprint density at radius 1 is 1.57 bits per heavy atom. The molecule has 23 heavy (non-hydrogen) atoms. The fourth-order valence-corrected chi connectivity index (χ4v) is 3.73. The number of hydrogen-bond acceptors (Lipinski definition) is 6. The number of aromatic nitrogens is 1. The van der Waals surface area contributed by atoms with Crippen LogP contribution >= 0.6 is 11.3 Å². The van der Waals surface area contributed by atoms with Gasteiger partial charge in [-0.1, -0.05) is 12.2 Å². The summed E-state index contributed by atoms with van der Waals surface area (Å²) >= 11 is 1.59. The van der Waals surface area contributed by atoms with Crippen molar-refractivity contribution in [2.24, 2.45) is 0 Å². The van der Waals surface area contributed by atoms with E-state index >= 15 is 0 Å². The molecule has 0 N–H and O–H groups in total. The first kappa shape index (κ1) is 16.4. The molecule has 1 aromatic rings. The first-order valence-electron chi connectivity index (χ1n) is 7.79. The Bertz CT molecular complexity index is 630. The maximum absolute atomic E-state index is 11.9. The first-order valence-corrected chi connectivity index (χ1v) is 8.61. The maximum atomic E-state index is 11.9. The number of methoxy groups -OCH3 is 1. The molecule has 2 aliphatic rings. The van der Waals surface area contributed by atoms with E-state index < -0.39 is 5.60 Å². The van der Waals surface area contributed by atoms with Crippen molar-refractivity contribution in [2.45, 2.75) is 37.9 Å². The van der Waals surface area contributed by atoms with Crippen LogP contribution in [-0.2, 0) is 24.6 Å². The molecule has 0 radical (unpaired) electrons. The van der Waals surface area contributed by atoms with Crippen LogP contribution in [-0.4, -0.2) is 37.4 Å². The van der Waals surface area contributed by atoms with Gasteiger partial charge in [-0.2, -0.15) is 0 Å². The molecule has 1 fully saturated rings. The largest absolute Gasteiger partial charge is 0.465 e. The minimum atomic E-state index is -0.719. The van der Waals surface area contributed by atoms with Crippen molar-refractivity contribution in [2.75, 3.05) is 20.3 Å². The van der Waals surface area contributed by atoms with E-state index in [-0.39, 0.29) is 12.1 Å². The summed E-state index contributed by atoms with van der Waals surface area (Å²) in [6, 6.07) is 0. The lowest BCUT2D eigenvalue weighted by Crippen LogP contribution is -2.33. The molecule has 0 spiro atoms. The molecule has 0 bridgehead atoms. The lowest BCUT2D eigenvalue weighted by atomic mass is 9.91. The third-order valence-electron chi connectivity index (χ3n) is 4.06. The lowest BCUT2D eigenvalue weighted by Gasteiger charge is -2.31. The maximum Gasteiger partial charge on any atom is 0.337 e. The summed E-state index contributed by atoms with van der Waals surface area (Å²) in [5.41, 5.74) is -0.220. The average Bonchev–Trinajstić information content (AvgIpc) is 3.24. The zero-order chi connectivity index (χ0) is 16.3. The molecular formula is C17H21NO4S. The van der Waals surface area contributed by atoms with Crippen LogP contribution in [0.5, 0.6) is 0 Å². The number of nitrogens with zero attached hydrogens (tertiary/aromatic N) is 1. The second-order valence-electron chi connectivity index (χ2n) is 5.81. The second-order valence-corrected chi connectivity index (χ2v) is 7.04. The summed E-state index contributed by atoms with van der Waals surface area (Å²) in [4.78, 5) is 17.5. The van der Waals surface area contributed by atoms with Crippen molar-refractivity contribution < 1.29 is 19.0 Å². The Labute approximate surface area is 140 Å². The molecule has 2 atom stereocenters. The highest BCUT2D eigenvalue weighted by atomic mass is 32.1. The van der Waals surface area contributed by atoms with Gasteiger partial charge in [0.1, 0.15) is 10.6 Å². The Kier molecular flexibility index (Phi) is 4.94. The Balaban J connectivity index is 1.88. The van der Waals surface area contributed by atoms with Gasteiger partial charge in [0.15, 0.2) is 0 Å². The fraction of sp³-hybridized carbons (Fsp3) is 0.529. The van der Waals surface area contributed by atoms with Crippen LogP contribution in [0.1, 0.15) is 29.1 Å². The van der Waals surface area contributed by atoms with Crippen molar-refractivity contribution in [1.82, 2.24) is 4.98 Å². The van der Waals surface area contributed by atoms with Crippen LogP contribution in [0, 0.1) is 6.92 Å². The van der Waals surface area contributed by atoms with Gasteiger partial charge in [0.2, 0.25) is 0 Å². The second kappa shape index (κ2) is 6.95. The topological polar surface area (TPSA) is 57.7 Å². The number of aryl methyl sites for hydroxylation is 1. The predicted molar refractivity (Wildman–Crippen MR) is 87.3 cm³/mol. The van der Waals surface area contributed by atoms with Gasteiger partial charge in [-0.25, -0.2) is 9.78 Å². The van der Waals surface area contributed by atoms with Crippen molar-refractivity contribution >= 4 is 17.3 Å². The van der Waals surface area contributed by atoms with Crippen molar-refractivity contribution in [3.05, 3.63) is 39.9 Å². The van der Waals surface area contributed by atoms with E-state index in [2.05, 4.69) is 4.98 Å². The smallest absolute Gasteiger partial charge is 0.337 e. The van der Waals surface area contributed by atoms with E-state index in [9.17, 15) is 4.79 Å². The average molecular weight is 335 g/mol.